The van der Waals surface area contributed by atoms with Crippen molar-refractivity contribution in [2.45, 2.75) is 32.4 Å². The molecule has 9 nitrogen and oxygen atoms in total. The molecule has 3 atom stereocenters. The number of morpholine rings is 1. The highest BCUT2D eigenvalue weighted by Gasteiger charge is 2.36. The third-order valence-electron chi connectivity index (χ3n) is 6.27. The molecular formula is C25H28Cl2N4O5S. The molecule has 0 amide bonds. The number of halogens is 2. The molecule has 2 aliphatic heterocycles. The van der Waals surface area contributed by atoms with Gasteiger partial charge in [0.2, 0.25) is 0 Å². The number of carbonyl (C=O) groups excluding carboxylic acids is 1. The van der Waals surface area contributed by atoms with Gasteiger partial charge in [0.15, 0.2) is 10.8 Å². The van der Waals surface area contributed by atoms with E-state index in [1.165, 1.54) is 11.3 Å². The third-order valence-corrected chi connectivity index (χ3v) is 7.61. The standard InChI is InChI=1S/C25H28Cl2N4O5S/c1-3-36-25(34)20-19(12-31-7-8-35-13-16(31)10-14(2)24(32)33)29-22(23-28-6-9-37-23)30-21(20)17-5-4-15(26)11-18(17)27/h4-6,9,11,14,16,21H,3,7-8,10,12-13H2,1-2H3,(H,29,30)(H,32,33)/t14?,16-,21+/m1/s1. The number of hydrogen-bond donors (Lipinski definition) is 2. The van der Waals surface area contributed by atoms with Crippen LogP contribution in [0, 0.1) is 5.92 Å². The Morgan fingerprint density at radius 1 is 1.38 bits per heavy atom. The van der Waals surface area contributed by atoms with Gasteiger partial charge in [-0.05, 0) is 25.5 Å². The van der Waals surface area contributed by atoms with Crippen molar-refractivity contribution in [2.75, 3.05) is 32.9 Å². The molecule has 12 heteroatoms. The van der Waals surface area contributed by atoms with E-state index in [4.69, 9.17) is 37.7 Å². The predicted octanol–water partition coefficient (Wildman–Crippen LogP) is 4.17. The Kier molecular flexibility index (Phi) is 9.20. The van der Waals surface area contributed by atoms with Crippen molar-refractivity contribution < 1.29 is 24.2 Å². The summed E-state index contributed by atoms with van der Waals surface area (Å²) in [6.07, 6.45) is 2.10. The average Bonchev–Trinajstić information content (AvgIpc) is 3.40. The molecule has 0 aliphatic carbocycles. The molecule has 2 aliphatic rings. The predicted molar refractivity (Wildman–Crippen MR) is 142 cm³/mol. The lowest BCUT2D eigenvalue weighted by molar-refractivity contribution is -0.142. The minimum absolute atomic E-state index is 0.141. The monoisotopic (exact) mass is 566 g/mol. The SMILES string of the molecule is CCOC(=O)C1=C(CN2CCOC[C@H]2CC(C)C(=O)O)NC(c2nccs2)=N[C@H]1c1ccc(Cl)cc1Cl. The second-order valence-corrected chi connectivity index (χ2v) is 10.5. The molecule has 3 heterocycles. The van der Waals surface area contributed by atoms with Crippen LogP contribution in [0.25, 0.3) is 0 Å². The number of esters is 1. The van der Waals surface area contributed by atoms with Crippen LogP contribution in [0.3, 0.4) is 0 Å². The Balaban J connectivity index is 1.78. The zero-order valence-electron chi connectivity index (χ0n) is 20.4. The topological polar surface area (TPSA) is 113 Å². The zero-order chi connectivity index (χ0) is 26.5. The van der Waals surface area contributed by atoms with Crippen molar-refractivity contribution in [1.82, 2.24) is 15.2 Å². The summed E-state index contributed by atoms with van der Waals surface area (Å²) in [6, 6.07) is 4.19. The van der Waals surface area contributed by atoms with E-state index in [2.05, 4.69) is 15.2 Å². The maximum atomic E-state index is 13.4. The number of rotatable bonds is 9. The lowest BCUT2D eigenvalue weighted by Crippen LogP contribution is -2.49. The van der Waals surface area contributed by atoms with Crippen LogP contribution in [0.15, 0.2) is 46.0 Å². The molecule has 1 aromatic heterocycles. The maximum absolute atomic E-state index is 13.4. The van der Waals surface area contributed by atoms with Crippen molar-refractivity contribution in [3.63, 3.8) is 0 Å². The Hall–Kier alpha value is -2.50. The minimum atomic E-state index is -0.858. The van der Waals surface area contributed by atoms with Gasteiger partial charge in [-0.25, -0.2) is 9.78 Å². The average molecular weight is 567 g/mol. The van der Waals surface area contributed by atoms with E-state index in [0.29, 0.717) is 70.4 Å². The number of aromatic nitrogens is 1. The summed E-state index contributed by atoms with van der Waals surface area (Å²) < 4.78 is 11.1. The summed E-state index contributed by atoms with van der Waals surface area (Å²) in [5, 5.41) is 16.1. The van der Waals surface area contributed by atoms with Crippen LogP contribution in [-0.4, -0.2) is 71.7 Å². The summed E-state index contributed by atoms with van der Waals surface area (Å²) in [6.45, 7) is 5.43. The van der Waals surface area contributed by atoms with Crippen molar-refractivity contribution in [3.05, 3.63) is 61.7 Å². The Bertz CT molecular complexity index is 1200. The normalized spacial score (nSPS) is 21.2. The van der Waals surface area contributed by atoms with E-state index in [1.54, 1.807) is 38.2 Å². The molecule has 1 saturated heterocycles. The molecule has 4 rings (SSSR count). The number of carbonyl (C=O) groups is 2. The van der Waals surface area contributed by atoms with Crippen LogP contribution in [0.2, 0.25) is 10.0 Å². The minimum Gasteiger partial charge on any atom is -0.481 e. The first-order valence-electron chi connectivity index (χ1n) is 11.9. The number of hydrogen-bond acceptors (Lipinski definition) is 9. The van der Waals surface area contributed by atoms with Crippen LogP contribution in [0.1, 0.15) is 36.9 Å². The second-order valence-electron chi connectivity index (χ2n) is 8.80. The number of carboxylic acids is 1. The number of ether oxygens (including phenoxy) is 2. The molecule has 1 unspecified atom stereocenters. The number of aliphatic carboxylic acids is 1. The van der Waals surface area contributed by atoms with Crippen molar-refractivity contribution in [2.24, 2.45) is 10.9 Å². The lowest BCUT2D eigenvalue weighted by Gasteiger charge is -2.38. The van der Waals surface area contributed by atoms with Crippen LogP contribution >= 0.6 is 34.5 Å². The molecule has 2 aromatic rings. The number of amidine groups is 1. The highest BCUT2D eigenvalue weighted by atomic mass is 35.5. The fraction of sp³-hybridized carbons (Fsp3) is 0.440. The van der Waals surface area contributed by atoms with Gasteiger partial charge in [-0.1, -0.05) is 36.2 Å². The van der Waals surface area contributed by atoms with Gasteiger partial charge in [-0.3, -0.25) is 14.7 Å². The van der Waals surface area contributed by atoms with Gasteiger partial charge in [0.25, 0.3) is 0 Å². The molecule has 2 N–H and O–H groups in total. The fourth-order valence-corrected chi connectivity index (χ4v) is 5.49. The Morgan fingerprint density at radius 3 is 2.86 bits per heavy atom. The highest BCUT2D eigenvalue weighted by molar-refractivity contribution is 7.11. The number of nitrogens with zero attached hydrogens (tertiary/aromatic N) is 3. The van der Waals surface area contributed by atoms with Crippen LogP contribution in [0.4, 0.5) is 0 Å². The first kappa shape index (κ1) is 27.5. The van der Waals surface area contributed by atoms with Gasteiger partial charge in [-0.2, -0.15) is 0 Å². The lowest BCUT2D eigenvalue weighted by atomic mass is 9.94. The van der Waals surface area contributed by atoms with Gasteiger partial charge in [0, 0.05) is 52.0 Å². The fourth-order valence-electron chi connectivity index (χ4n) is 4.39. The number of carboxylic acid groups (broad SMARTS) is 1. The summed E-state index contributed by atoms with van der Waals surface area (Å²) in [7, 11) is 0. The van der Waals surface area contributed by atoms with Gasteiger partial charge < -0.3 is 19.9 Å². The Morgan fingerprint density at radius 2 is 2.19 bits per heavy atom. The number of aliphatic imine (C=N–C) groups is 1. The van der Waals surface area contributed by atoms with E-state index in [0.717, 1.165) is 0 Å². The summed E-state index contributed by atoms with van der Waals surface area (Å²) in [4.78, 5) is 36.3. The molecule has 1 aromatic carbocycles. The van der Waals surface area contributed by atoms with Gasteiger partial charge in [0.05, 0.1) is 31.3 Å². The summed E-state index contributed by atoms with van der Waals surface area (Å²) in [5.41, 5.74) is 1.55. The van der Waals surface area contributed by atoms with E-state index in [-0.39, 0.29) is 12.6 Å². The molecule has 37 heavy (non-hydrogen) atoms. The Labute approximate surface area is 229 Å². The first-order valence-corrected chi connectivity index (χ1v) is 13.6. The van der Waals surface area contributed by atoms with E-state index in [1.807, 2.05) is 5.38 Å². The zero-order valence-corrected chi connectivity index (χ0v) is 22.8. The van der Waals surface area contributed by atoms with Crippen molar-refractivity contribution in [1.29, 1.82) is 0 Å². The van der Waals surface area contributed by atoms with Crippen LogP contribution in [0.5, 0.6) is 0 Å². The quantitative estimate of drug-likeness (QED) is 0.435. The van der Waals surface area contributed by atoms with Crippen LogP contribution < -0.4 is 5.32 Å². The molecule has 1 fully saturated rings. The number of nitrogens with one attached hydrogen (secondary N) is 1. The molecular weight excluding hydrogens is 539 g/mol. The van der Waals surface area contributed by atoms with E-state index >= 15 is 0 Å². The molecule has 0 bridgehead atoms. The smallest absolute Gasteiger partial charge is 0.338 e. The summed E-state index contributed by atoms with van der Waals surface area (Å²) >= 11 is 14.2. The molecule has 0 saturated carbocycles. The van der Waals surface area contributed by atoms with Crippen molar-refractivity contribution >= 4 is 52.3 Å². The second kappa shape index (κ2) is 12.4. The molecule has 0 radical (unpaired) electrons. The maximum Gasteiger partial charge on any atom is 0.338 e. The molecule has 198 valence electrons. The molecule has 0 spiro atoms. The third kappa shape index (κ3) is 6.50. The van der Waals surface area contributed by atoms with Crippen molar-refractivity contribution in [3.8, 4) is 0 Å². The van der Waals surface area contributed by atoms with Gasteiger partial charge in [0.1, 0.15) is 6.04 Å². The van der Waals surface area contributed by atoms with E-state index in [9.17, 15) is 14.7 Å². The summed E-state index contributed by atoms with van der Waals surface area (Å²) in [5.74, 6) is -1.40. The van der Waals surface area contributed by atoms with Gasteiger partial charge >= 0.3 is 11.9 Å². The van der Waals surface area contributed by atoms with Crippen LogP contribution in [-0.2, 0) is 19.1 Å². The largest absolute Gasteiger partial charge is 0.481 e. The van der Waals surface area contributed by atoms with Gasteiger partial charge in [-0.15, -0.1) is 11.3 Å². The number of thiazole rings is 1. The first-order chi connectivity index (χ1) is 17.8. The highest BCUT2D eigenvalue weighted by Crippen LogP contribution is 2.38. The number of benzene rings is 1. The van der Waals surface area contributed by atoms with E-state index < -0.39 is 23.9 Å².